The Hall–Kier alpha value is -3.46. The van der Waals surface area contributed by atoms with E-state index < -0.39 is 6.10 Å². The van der Waals surface area contributed by atoms with Gasteiger partial charge in [-0.3, -0.25) is 14.6 Å². The minimum absolute atomic E-state index is 0.0551. The molecule has 2 aromatic heterocycles. The lowest BCUT2D eigenvalue weighted by Gasteiger charge is -2.37. The van der Waals surface area contributed by atoms with Gasteiger partial charge in [-0.1, -0.05) is 18.2 Å². The number of ether oxygens (including phenoxy) is 2. The van der Waals surface area contributed by atoms with Crippen LogP contribution in [0.2, 0.25) is 0 Å². The normalized spacial score (nSPS) is 17.8. The van der Waals surface area contributed by atoms with Crippen LogP contribution in [-0.4, -0.2) is 70.5 Å². The molecule has 5 rings (SSSR count). The van der Waals surface area contributed by atoms with E-state index in [0.29, 0.717) is 48.2 Å². The molecule has 0 N–H and O–H groups in total. The molecule has 0 aliphatic carbocycles. The molecule has 1 unspecified atom stereocenters. The maximum atomic E-state index is 13.1. The number of thiazole rings is 1. The van der Waals surface area contributed by atoms with E-state index in [1.807, 2.05) is 43.3 Å². The van der Waals surface area contributed by atoms with E-state index >= 15 is 0 Å². The number of hydrogen-bond donors (Lipinski definition) is 0. The van der Waals surface area contributed by atoms with Gasteiger partial charge in [0.1, 0.15) is 16.5 Å². The van der Waals surface area contributed by atoms with Gasteiger partial charge in [0, 0.05) is 32.4 Å². The van der Waals surface area contributed by atoms with Crippen LogP contribution >= 0.6 is 11.3 Å². The van der Waals surface area contributed by atoms with Gasteiger partial charge in [0.25, 0.3) is 11.8 Å². The third-order valence-electron chi connectivity index (χ3n) is 5.54. The molecule has 2 amide bonds. The first-order valence-electron chi connectivity index (χ1n) is 10.5. The lowest BCUT2D eigenvalue weighted by molar-refractivity contribution is -0.142. The van der Waals surface area contributed by atoms with E-state index in [1.165, 1.54) is 11.3 Å². The zero-order valence-corrected chi connectivity index (χ0v) is 18.4. The number of pyridine rings is 1. The number of benzene rings is 1. The highest BCUT2D eigenvalue weighted by atomic mass is 32.1. The molecule has 1 aromatic carbocycles. The second-order valence-corrected chi connectivity index (χ2v) is 8.63. The number of fused-ring (bicyclic) bond motifs is 1. The van der Waals surface area contributed by atoms with Crippen molar-refractivity contribution in [2.24, 2.45) is 0 Å². The molecule has 1 atom stereocenters. The van der Waals surface area contributed by atoms with Crippen molar-refractivity contribution in [3.63, 3.8) is 0 Å². The third kappa shape index (κ3) is 3.91. The van der Waals surface area contributed by atoms with Crippen LogP contribution in [0.15, 0.2) is 48.7 Å². The predicted octanol–water partition coefficient (Wildman–Crippen LogP) is 2.64. The summed E-state index contributed by atoms with van der Waals surface area (Å²) in [4.78, 5) is 39.0. The lowest BCUT2D eigenvalue weighted by atomic mass is 10.2. The van der Waals surface area contributed by atoms with Crippen molar-refractivity contribution in [3.8, 4) is 22.2 Å². The van der Waals surface area contributed by atoms with Crippen LogP contribution in [0.5, 0.6) is 11.5 Å². The SMILES string of the molecule is Cc1nc(-c2ccccn2)sc1C(=O)N1CCN(C(=O)C2COc3ccccc3O2)CC1. The summed E-state index contributed by atoms with van der Waals surface area (Å²) < 4.78 is 11.5. The summed E-state index contributed by atoms with van der Waals surface area (Å²) in [6, 6.07) is 13.0. The summed E-state index contributed by atoms with van der Waals surface area (Å²) in [6.07, 6.45) is 1.04. The van der Waals surface area contributed by atoms with Crippen LogP contribution in [0.4, 0.5) is 0 Å². The number of carbonyl (C=O) groups excluding carboxylic acids is 2. The van der Waals surface area contributed by atoms with E-state index in [4.69, 9.17) is 9.47 Å². The number of piperazine rings is 1. The van der Waals surface area contributed by atoms with Crippen molar-refractivity contribution < 1.29 is 19.1 Å². The Morgan fingerprint density at radius 2 is 1.72 bits per heavy atom. The van der Waals surface area contributed by atoms with E-state index in [9.17, 15) is 9.59 Å². The van der Waals surface area contributed by atoms with Gasteiger partial charge in [-0.25, -0.2) is 4.98 Å². The highest BCUT2D eigenvalue weighted by molar-refractivity contribution is 7.17. The number of aromatic nitrogens is 2. The van der Waals surface area contributed by atoms with Crippen LogP contribution < -0.4 is 9.47 Å². The lowest BCUT2D eigenvalue weighted by Crippen LogP contribution is -2.55. The molecule has 0 spiro atoms. The van der Waals surface area contributed by atoms with Crippen molar-refractivity contribution in [1.29, 1.82) is 0 Å². The van der Waals surface area contributed by atoms with Crippen LogP contribution in [0, 0.1) is 6.92 Å². The standard InChI is InChI=1S/C23H22N4O4S/c1-15-20(32-21(25-15)16-6-4-5-9-24-16)23(29)27-12-10-26(11-13-27)22(28)19-14-30-17-7-2-3-8-18(17)31-19/h2-9,19H,10-14H2,1H3. The maximum absolute atomic E-state index is 13.1. The number of para-hydroxylation sites is 2. The first kappa shape index (κ1) is 20.4. The molecular weight excluding hydrogens is 428 g/mol. The molecule has 1 fully saturated rings. The number of carbonyl (C=O) groups is 2. The highest BCUT2D eigenvalue weighted by Gasteiger charge is 2.34. The van der Waals surface area contributed by atoms with Gasteiger partial charge < -0.3 is 19.3 Å². The largest absolute Gasteiger partial charge is 0.485 e. The summed E-state index contributed by atoms with van der Waals surface area (Å²) in [6.45, 7) is 3.86. The zero-order chi connectivity index (χ0) is 22.1. The fraction of sp³-hybridized carbons (Fsp3) is 0.304. The summed E-state index contributed by atoms with van der Waals surface area (Å²) in [5, 5.41) is 0.731. The Kier molecular flexibility index (Phi) is 5.48. The number of amides is 2. The quantitative estimate of drug-likeness (QED) is 0.610. The topological polar surface area (TPSA) is 84.9 Å². The molecule has 3 aromatic rings. The van der Waals surface area contributed by atoms with Gasteiger partial charge in [0.05, 0.1) is 11.4 Å². The van der Waals surface area contributed by atoms with Gasteiger partial charge in [0.15, 0.2) is 11.5 Å². The molecule has 0 radical (unpaired) electrons. The van der Waals surface area contributed by atoms with Crippen LogP contribution in [0.3, 0.4) is 0 Å². The first-order chi connectivity index (χ1) is 15.6. The van der Waals surface area contributed by atoms with Crippen molar-refractivity contribution >= 4 is 23.2 Å². The Labute approximate surface area is 189 Å². The van der Waals surface area contributed by atoms with Gasteiger partial charge >= 0.3 is 0 Å². The van der Waals surface area contributed by atoms with Crippen LogP contribution in [0.25, 0.3) is 10.7 Å². The Morgan fingerprint density at radius 1 is 1.00 bits per heavy atom. The van der Waals surface area contributed by atoms with Crippen LogP contribution in [-0.2, 0) is 4.79 Å². The average molecular weight is 451 g/mol. The average Bonchev–Trinajstić information content (AvgIpc) is 3.25. The Bertz CT molecular complexity index is 1140. The third-order valence-corrected chi connectivity index (χ3v) is 6.71. The van der Waals surface area contributed by atoms with Gasteiger partial charge in [0.2, 0.25) is 6.10 Å². The molecule has 164 valence electrons. The number of hydrogen-bond acceptors (Lipinski definition) is 7. The van der Waals surface area contributed by atoms with E-state index in [-0.39, 0.29) is 18.4 Å². The molecule has 0 saturated carbocycles. The van der Waals surface area contributed by atoms with Crippen molar-refractivity contribution in [2.45, 2.75) is 13.0 Å². The number of rotatable bonds is 3. The molecule has 9 heteroatoms. The molecule has 32 heavy (non-hydrogen) atoms. The summed E-state index contributed by atoms with van der Waals surface area (Å²) in [5.74, 6) is 1.06. The second-order valence-electron chi connectivity index (χ2n) is 7.63. The van der Waals surface area contributed by atoms with E-state index in [2.05, 4.69) is 9.97 Å². The van der Waals surface area contributed by atoms with Crippen LogP contribution in [0.1, 0.15) is 15.4 Å². The zero-order valence-electron chi connectivity index (χ0n) is 17.6. The molecule has 2 aliphatic rings. The minimum atomic E-state index is -0.670. The molecular formula is C23H22N4O4S. The molecule has 4 heterocycles. The van der Waals surface area contributed by atoms with Crippen molar-refractivity contribution in [2.75, 3.05) is 32.8 Å². The fourth-order valence-electron chi connectivity index (χ4n) is 3.81. The monoisotopic (exact) mass is 450 g/mol. The van der Waals surface area contributed by atoms with Crippen molar-refractivity contribution in [3.05, 3.63) is 59.2 Å². The first-order valence-corrected chi connectivity index (χ1v) is 11.3. The van der Waals surface area contributed by atoms with Gasteiger partial charge in [-0.2, -0.15) is 0 Å². The summed E-state index contributed by atoms with van der Waals surface area (Å²) >= 11 is 1.36. The molecule has 2 aliphatic heterocycles. The maximum Gasteiger partial charge on any atom is 0.267 e. The molecule has 8 nitrogen and oxygen atoms in total. The smallest absolute Gasteiger partial charge is 0.267 e. The summed E-state index contributed by atoms with van der Waals surface area (Å²) in [7, 11) is 0. The molecule has 1 saturated heterocycles. The van der Waals surface area contributed by atoms with Crippen molar-refractivity contribution in [1.82, 2.24) is 19.8 Å². The number of aryl methyl sites for hydroxylation is 1. The minimum Gasteiger partial charge on any atom is -0.485 e. The fourth-order valence-corrected chi connectivity index (χ4v) is 4.82. The van der Waals surface area contributed by atoms with Gasteiger partial charge in [-0.05, 0) is 31.2 Å². The Morgan fingerprint density at radius 3 is 2.47 bits per heavy atom. The Balaban J connectivity index is 1.21. The van der Waals surface area contributed by atoms with E-state index in [1.54, 1.807) is 22.1 Å². The number of nitrogens with zero attached hydrogens (tertiary/aromatic N) is 4. The highest BCUT2D eigenvalue weighted by Crippen LogP contribution is 2.31. The van der Waals surface area contributed by atoms with Gasteiger partial charge in [-0.15, -0.1) is 11.3 Å². The van der Waals surface area contributed by atoms with E-state index in [0.717, 1.165) is 10.7 Å². The second kappa shape index (κ2) is 8.58. The predicted molar refractivity (Wildman–Crippen MR) is 119 cm³/mol. The molecule has 0 bridgehead atoms. The summed E-state index contributed by atoms with van der Waals surface area (Å²) in [5.41, 5.74) is 1.46.